The summed E-state index contributed by atoms with van der Waals surface area (Å²) in [6.45, 7) is 3.39. The number of piperidine rings is 2. The number of hydrogen-bond acceptors (Lipinski definition) is 7. The van der Waals surface area contributed by atoms with Crippen molar-refractivity contribution in [3.05, 3.63) is 60.9 Å². The second kappa shape index (κ2) is 10.3. The van der Waals surface area contributed by atoms with Crippen LogP contribution in [-0.4, -0.2) is 73.0 Å². The molecular formula is C31H35N7O3. The molecule has 2 aromatic heterocycles. The van der Waals surface area contributed by atoms with Gasteiger partial charge >= 0.3 is 6.09 Å². The van der Waals surface area contributed by atoms with E-state index in [0.29, 0.717) is 30.4 Å². The quantitative estimate of drug-likeness (QED) is 0.336. The number of carboxylic acid groups (broad SMARTS) is 1. The zero-order valence-electron chi connectivity index (χ0n) is 23.0. The summed E-state index contributed by atoms with van der Waals surface area (Å²) in [6.07, 6.45) is 7.11. The van der Waals surface area contributed by atoms with Gasteiger partial charge in [0, 0.05) is 37.8 Å². The fraction of sp³-hybridized carbons (Fsp3) is 0.419. The lowest BCUT2D eigenvalue weighted by Gasteiger charge is -2.56. The number of carbonyl (C=O) groups is 1. The Bertz CT molecular complexity index is 1530. The van der Waals surface area contributed by atoms with E-state index >= 15 is 0 Å². The van der Waals surface area contributed by atoms with Gasteiger partial charge in [0.1, 0.15) is 29.3 Å². The standard InChI is InChI=1S/C31H35N7O3/c32-28-26-27(21-6-8-25(9-7-21)41-24-4-2-1-3-5-24)35-38(29(26)34-20-33-28)22-10-14-36(15-11-22)23-18-31(19-23)12-16-37(17-13-31)30(39)40/h1-9,20,22-23H,10-19H2,(H,39,40)(H2,32,33,34). The second-order valence-corrected chi connectivity index (χ2v) is 11.8. The molecule has 1 saturated carbocycles. The number of nitrogens with two attached hydrogens (primary N) is 1. The van der Waals surface area contributed by atoms with E-state index in [0.717, 1.165) is 72.6 Å². The Balaban J connectivity index is 1.04. The number of aromatic nitrogens is 4. The third-order valence-corrected chi connectivity index (χ3v) is 9.42. The summed E-state index contributed by atoms with van der Waals surface area (Å²) in [6, 6.07) is 18.5. The topological polar surface area (TPSA) is 123 Å². The van der Waals surface area contributed by atoms with E-state index in [1.54, 1.807) is 4.90 Å². The minimum absolute atomic E-state index is 0.241. The van der Waals surface area contributed by atoms with Gasteiger partial charge < -0.3 is 25.4 Å². The van der Waals surface area contributed by atoms with Gasteiger partial charge in [-0.3, -0.25) is 0 Å². The van der Waals surface area contributed by atoms with Crippen molar-refractivity contribution in [2.24, 2.45) is 5.41 Å². The Kier molecular flexibility index (Phi) is 6.50. The van der Waals surface area contributed by atoms with Crippen LogP contribution in [0.2, 0.25) is 0 Å². The Hall–Kier alpha value is -4.18. The summed E-state index contributed by atoms with van der Waals surface area (Å²) in [4.78, 5) is 24.4. The highest BCUT2D eigenvalue weighted by Gasteiger charge is 2.48. The van der Waals surface area contributed by atoms with E-state index in [1.165, 1.54) is 19.2 Å². The molecule has 0 unspecified atom stereocenters. The highest BCUT2D eigenvalue weighted by atomic mass is 16.5. The minimum Gasteiger partial charge on any atom is -0.465 e. The van der Waals surface area contributed by atoms with Gasteiger partial charge in [-0.1, -0.05) is 18.2 Å². The molecule has 1 aliphatic carbocycles. The molecule has 4 heterocycles. The van der Waals surface area contributed by atoms with Crippen LogP contribution in [0, 0.1) is 5.41 Å². The highest BCUT2D eigenvalue weighted by molar-refractivity contribution is 5.98. The van der Waals surface area contributed by atoms with E-state index in [4.69, 9.17) is 15.6 Å². The van der Waals surface area contributed by atoms with Gasteiger partial charge in [-0.05, 0) is 80.3 Å². The van der Waals surface area contributed by atoms with Crippen LogP contribution >= 0.6 is 0 Å². The molecule has 2 saturated heterocycles. The molecule has 3 fully saturated rings. The zero-order valence-corrected chi connectivity index (χ0v) is 23.0. The predicted octanol–water partition coefficient (Wildman–Crippen LogP) is 5.43. The average molecular weight is 554 g/mol. The monoisotopic (exact) mass is 553 g/mol. The van der Waals surface area contributed by atoms with Crippen LogP contribution in [-0.2, 0) is 0 Å². The molecule has 10 heteroatoms. The van der Waals surface area contributed by atoms with E-state index in [9.17, 15) is 9.90 Å². The molecule has 0 radical (unpaired) electrons. The molecule has 10 nitrogen and oxygen atoms in total. The Morgan fingerprint density at radius 1 is 0.902 bits per heavy atom. The highest BCUT2D eigenvalue weighted by Crippen LogP contribution is 2.51. The summed E-state index contributed by atoms with van der Waals surface area (Å²) in [5.74, 6) is 1.98. The van der Waals surface area contributed by atoms with E-state index in [1.807, 2.05) is 54.6 Å². The molecule has 0 bridgehead atoms. The molecule has 3 aliphatic rings. The molecule has 4 aromatic rings. The van der Waals surface area contributed by atoms with Crippen molar-refractivity contribution in [2.45, 2.75) is 50.6 Å². The molecule has 2 aliphatic heterocycles. The first-order valence-electron chi connectivity index (χ1n) is 14.5. The van der Waals surface area contributed by atoms with Crippen molar-refractivity contribution in [1.29, 1.82) is 0 Å². The molecule has 212 valence electrons. The van der Waals surface area contributed by atoms with Gasteiger partial charge in [-0.25, -0.2) is 19.4 Å². The third-order valence-electron chi connectivity index (χ3n) is 9.42. The fourth-order valence-corrected chi connectivity index (χ4v) is 7.03. The lowest BCUT2D eigenvalue weighted by Crippen LogP contribution is -2.56. The van der Waals surface area contributed by atoms with Gasteiger partial charge in [0.15, 0.2) is 5.65 Å². The van der Waals surface area contributed by atoms with Crippen molar-refractivity contribution >= 4 is 22.9 Å². The number of nitrogens with zero attached hydrogens (tertiary/aromatic N) is 6. The number of nitrogen functional groups attached to an aromatic ring is 1. The van der Waals surface area contributed by atoms with Crippen molar-refractivity contribution in [3.8, 4) is 22.8 Å². The number of rotatable bonds is 5. The Morgan fingerprint density at radius 3 is 2.27 bits per heavy atom. The normalized spacial score (nSPS) is 19.9. The van der Waals surface area contributed by atoms with Crippen molar-refractivity contribution in [2.75, 3.05) is 31.9 Å². The van der Waals surface area contributed by atoms with Crippen molar-refractivity contribution < 1.29 is 14.6 Å². The zero-order chi connectivity index (χ0) is 28.0. The molecule has 1 amide bonds. The summed E-state index contributed by atoms with van der Waals surface area (Å²) in [7, 11) is 0. The van der Waals surface area contributed by atoms with E-state index in [2.05, 4.69) is 19.5 Å². The van der Waals surface area contributed by atoms with Gasteiger partial charge in [-0.15, -0.1) is 0 Å². The molecule has 2 aromatic carbocycles. The fourth-order valence-electron chi connectivity index (χ4n) is 7.03. The van der Waals surface area contributed by atoms with Crippen LogP contribution in [0.25, 0.3) is 22.3 Å². The number of ether oxygens (including phenoxy) is 1. The smallest absolute Gasteiger partial charge is 0.407 e. The van der Waals surface area contributed by atoms with Crippen LogP contribution < -0.4 is 10.5 Å². The average Bonchev–Trinajstić information content (AvgIpc) is 3.38. The minimum atomic E-state index is -0.784. The van der Waals surface area contributed by atoms with Gasteiger partial charge in [-0.2, -0.15) is 5.10 Å². The number of fused-ring (bicyclic) bond motifs is 1. The van der Waals surface area contributed by atoms with Crippen molar-refractivity contribution in [1.82, 2.24) is 29.5 Å². The summed E-state index contributed by atoms with van der Waals surface area (Å²) < 4.78 is 8.04. The molecule has 7 rings (SSSR count). The number of likely N-dealkylation sites (tertiary alicyclic amines) is 2. The Labute approximate surface area is 238 Å². The summed E-state index contributed by atoms with van der Waals surface area (Å²) in [5.41, 5.74) is 9.24. The molecule has 3 N–H and O–H groups in total. The number of hydrogen-bond donors (Lipinski definition) is 2. The van der Waals surface area contributed by atoms with Crippen LogP contribution in [0.1, 0.15) is 44.6 Å². The second-order valence-electron chi connectivity index (χ2n) is 11.8. The first-order chi connectivity index (χ1) is 20.0. The van der Waals surface area contributed by atoms with Gasteiger partial charge in [0.25, 0.3) is 0 Å². The number of amides is 1. The number of anilines is 1. The number of para-hydroxylation sites is 1. The summed E-state index contributed by atoms with van der Waals surface area (Å²) in [5, 5.41) is 15.1. The van der Waals surface area contributed by atoms with E-state index in [-0.39, 0.29) is 6.04 Å². The van der Waals surface area contributed by atoms with Crippen LogP contribution in [0.4, 0.5) is 10.6 Å². The first-order valence-corrected chi connectivity index (χ1v) is 14.5. The van der Waals surface area contributed by atoms with Crippen LogP contribution in [0.15, 0.2) is 60.9 Å². The van der Waals surface area contributed by atoms with Crippen molar-refractivity contribution in [3.63, 3.8) is 0 Å². The Morgan fingerprint density at radius 2 is 1.59 bits per heavy atom. The lowest BCUT2D eigenvalue weighted by molar-refractivity contribution is -0.0479. The SMILES string of the molecule is Nc1ncnc2c1c(-c1ccc(Oc3ccccc3)cc1)nn2C1CCN(C2CC3(CCN(C(=O)O)CC3)C2)CC1. The predicted molar refractivity (Wildman–Crippen MR) is 156 cm³/mol. The maximum absolute atomic E-state index is 11.3. The van der Waals surface area contributed by atoms with Crippen LogP contribution in [0.3, 0.4) is 0 Å². The number of benzene rings is 2. The van der Waals surface area contributed by atoms with E-state index < -0.39 is 6.09 Å². The van der Waals surface area contributed by atoms with Gasteiger partial charge in [0.2, 0.25) is 0 Å². The molecule has 41 heavy (non-hydrogen) atoms. The molecular weight excluding hydrogens is 518 g/mol. The maximum atomic E-state index is 11.3. The van der Waals surface area contributed by atoms with Gasteiger partial charge in [0.05, 0.1) is 11.4 Å². The largest absolute Gasteiger partial charge is 0.465 e. The van der Waals surface area contributed by atoms with Crippen LogP contribution in [0.5, 0.6) is 11.5 Å². The lowest BCUT2D eigenvalue weighted by atomic mass is 9.60. The first kappa shape index (κ1) is 25.8. The third kappa shape index (κ3) is 4.86. The molecule has 1 spiro atoms. The summed E-state index contributed by atoms with van der Waals surface area (Å²) >= 11 is 0. The molecule has 0 atom stereocenters. The maximum Gasteiger partial charge on any atom is 0.407 e.